The van der Waals surface area contributed by atoms with Crippen LogP contribution in [0.3, 0.4) is 0 Å². The normalized spacial score (nSPS) is 17.4. The molecule has 1 atom stereocenters. The van der Waals surface area contributed by atoms with Gasteiger partial charge in [0.25, 0.3) is 0 Å². The van der Waals surface area contributed by atoms with E-state index in [2.05, 4.69) is 20.2 Å². The third-order valence-electron chi connectivity index (χ3n) is 4.10. The van der Waals surface area contributed by atoms with E-state index in [1.165, 1.54) is 7.11 Å². The smallest absolute Gasteiger partial charge is 0.322 e. The summed E-state index contributed by atoms with van der Waals surface area (Å²) in [5.74, 6) is 1.64. The third-order valence-corrected chi connectivity index (χ3v) is 4.10. The van der Waals surface area contributed by atoms with Gasteiger partial charge in [0.1, 0.15) is 17.7 Å². The number of carbonyl (C=O) groups excluding carboxylic acids is 1. The monoisotopic (exact) mass is 306 g/mol. The molecule has 1 N–H and O–H groups in total. The molecular formula is C16H26N4O2. The first-order chi connectivity index (χ1) is 10.5. The topological polar surface area (TPSA) is 67.3 Å². The van der Waals surface area contributed by atoms with E-state index in [1.54, 1.807) is 0 Å². The number of piperidine rings is 1. The number of hydrogen-bond donors (Lipinski definition) is 1. The molecule has 0 unspecified atom stereocenters. The molecule has 122 valence electrons. The zero-order valence-corrected chi connectivity index (χ0v) is 13.9. The zero-order chi connectivity index (χ0) is 16.1. The predicted molar refractivity (Wildman–Crippen MR) is 86.0 cm³/mol. The molecule has 0 aliphatic carbocycles. The summed E-state index contributed by atoms with van der Waals surface area (Å²) >= 11 is 0. The SMILES string of the molecule is CC[C@@H](NC1CCN(c2cc(C)nc(C)n2)CC1)C(=O)OC. The quantitative estimate of drug-likeness (QED) is 0.834. The average molecular weight is 306 g/mol. The Labute approximate surface area is 132 Å². The lowest BCUT2D eigenvalue weighted by Gasteiger charge is -2.34. The minimum absolute atomic E-state index is 0.174. The number of ether oxygens (including phenoxy) is 1. The third kappa shape index (κ3) is 4.16. The Morgan fingerprint density at radius 2 is 2.09 bits per heavy atom. The van der Waals surface area contributed by atoms with E-state index in [0.717, 1.165) is 49.7 Å². The van der Waals surface area contributed by atoms with Crippen LogP contribution in [0.4, 0.5) is 5.82 Å². The molecule has 1 fully saturated rings. The summed E-state index contributed by atoms with van der Waals surface area (Å²) in [4.78, 5) is 22.8. The molecule has 0 radical (unpaired) electrons. The fourth-order valence-electron chi connectivity index (χ4n) is 2.91. The highest BCUT2D eigenvalue weighted by Gasteiger charge is 2.25. The van der Waals surface area contributed by atoms with Crippen molar-refractivity contribution in [2.45, 2.75) is 52.1 Å². The van der Waals surface area contributed by atoms with Crippen LogP contribution >= 0.6 is 0 Å². The molecule has 1 aliphatic rings. The van der Waals surface area contributed by atoms with E-state index in [-0.39, 0.29) is 12.0 Å². The molecule has 22 heavy (non-hydrogen) atoms. The van der Waals surface area contributed by atoms with E-state index in [0.29, 0.717) is 6.04 Å². The molecule has 1 aliphatic heterocycles. The van der Waals surface area contributed by atoms with Crippen molar-refractivity contribution < 1.29 is 9.53 Å². The second kappa shape index (κ2) is 7.54. The maximum absolute atomic E-state index is 11.7. The fourth-order valence-corrected chi connectivity index (χ4v) is 2.91. The van der Waals surface area contributed by atoms with Gasteiger partial charge in [-0.25, -0.2) is 9.97 Å². The summed E-state index contributed by atoms with van der Waals surface area (Å²) in [6.45, 7) is 7.79. The fraction of sp³-hybridized carbons (Fsp3) is 0.688. The molecule has 0 bridgehead atoms. The number of aromatic nitrogens is 2. The van der Waals surface area contributed by atoms with Crippen LogP contribution in [-0.2, 0) is 9.53 Å². The van der Waals surface area contributed by atoms with Crippen molar-refractivity contribution in [1.82, 2.24) is 15.3 Å². The Kier molecular flexibility index (Phi) is 5.71. The lowest BCUT2D eigenvalue weighted by atomic mass is 10.0. The van der Waals surface area contributed by atoms with Crippen LogP contribution in [0, 0.1) is 13.8 Å². The number of anilines is 1. The average Bonchev–Trinajstić information content (AvgIpc) is 2.51. The highest BCUT2D eigenvalue weighted by Crippen LogP contribution is 2.19. The lowest BCUT2D eigenvalue weighted by Crippen LogP contribution is -2.49. The second-order valence-corrected chi connectivity index (χ2v) is 5.83. The van der Waals surface area contributed by atoms with Gasteiger partial charge < -0.3 is 15.0 Å². The predicted octanol–water partition coefficient (Wildman–Crippen LogP) is 1.60. The minimum atomic E-state index is -0.204. The number of hydrogen-bond acceptors (Lipinski definition) is 6. The zero-order valence-electron chi connectivity index (χ0n) is 13.9. The first-order valence-corrected chi connectivity index (χ1v) is 7.94. The Morgan fingerprint density at radius 3 is 2.64 bits per heavy atom. The molecule has 1 aromatic rings. The van der Waals surface area contributed by atoms with Crippen molar-refractivity contribution in [2.24, 2.45) is 0 Å². The molecule has 0 spiro atoms. The highest BCUT2D eigenvalue weighted by atomic mass is 16.5. The van der Waals surface area contributed by atoms with E-state index in [1.807, 2.05) is 26.8 Å². The molecule has 0 saturated carbocycles. The molecule has 6 nitrogen and oxygen atoms in total. The Balaban J connectivity index is 1.91. The number of methoxy groups -OCH3 is 1. The molecule has 0 aromatic carbocycles. The van der Waals surface area contributed by atoms with Crippen molar-refractivity contribution in [3.05, 3.63) is 17.6 Å². The van der Waals surface area contributed by atoms with Crippen molar-refractivity contribution in [1.29, 1.82) is 0 Å². The van der Waals surface area contributed by atoms with Crippen LogP contribution in [0.1, 0.15) is 37.7 Å². The van der Waals surface area contributed by atoms with E-state index >= 15 is 0 Å². The van der Waals surface area contributed by atoms with Crippen molar-refractivity contribution in [2.75, 3.05) is 25.1 Å². The summed E-state index contributed by atoms with van der Waals surface area (Å²) in [6.07, 6.45) is 2.74. The number of rotatable bonds is 5. The first-order valence-electron chi connectivity index (χ1n) is 7.94. The van der Waals surface area contributed by atoms with Crippen LogP contribution in [0.15, 0.2) is 6.07 Å². The second-order valence-electron chi connectivity index (χ2n) is 5.83. The molecule has 2 heterocycles. The molecule has 1 aromatic heterocycles. The summed E-state index contributed by atoms with van der Waals surface area (Å²) in [5.41, 5.74) is 1.000. The number of nitrogens with zero attached hydrogens (tertiary/aromatic N) is 3. The van der Waals surface area contributed by atoms with Crippen LogP contribution in [0.2, 0.25) is 0 Å². The number of esters is 1. The number of nitrogens with one attached hydrogen (secondary N) is 1. The van der Waals surface area contributed by atoms with Crippen LogP contribution in [0.25, 0.3) is 0 Å². The maximum Gasteiger partial charge on any atom is 0.322 e. The highest BCUT2D eigenvalue weighted by molar-refractivity contribution is 5.75. The van der Waals surface area contributed by atoms with Gasteiger partial charge in [0.2, 0.25) is 0 Å². The molecule has 6 heteroatoms. The van der Waals surface area contributed by atoms with Gasteiger partial charge in [-0.15, -0.1) is 0 Å². The minimum Gasteiger partial charge on any atom is -0.468 e. The first kappa shape index (κ1) is 16.7. The Hall–Kier alpha value is -1.69. The molecule has 1 saturated heterocycles. The molecule has 0 amide bonds. The van der Waals surface area contributed by atoms with Crippen LogP contribution < -0.4 is 10.2 Å². The van der Waals surface area contributed by atoms with Gasteiger partial charge in [0, 0.05) is 30.9 Å². The lowest BCUT2D eigenvalue weighted by molar-refractivity contribution is -0.143. The van der Waals surface area contributed by atoms with Gasteiger partial charge in [-0.05, 0) is 33.1 Å². The van der Waals surface area contributed by atoms with Crippen molar-refractivity contribution in [3.63, 3.8) is 0 Å². The summed E-state index contributed by atoms with van der Waals surface area (Å²) in [6, 6.07) is 2.18. The van der Waals surface area contributed by atoms with Gasteiger partial charge in [-0.2, -0.15) is 0 Å². The van der Waals surface area contributed by atoms with E-state index in [4.69, 9.17) is 4.74 Å². The van der Waals surface area contributed by atoms with Gasteiger partial charge >= 0.3 is 5.97 Å². The largest absolute Gasteiger partial charge is 0.468 e. The van der Waals surface area contributed by atoms with E-state index in [9.17, 15) is 4.79 Å². The standard InChI is InChI=1S/C16H26N4O2/c1-5-14(16(21)22-4)19-13-6-8-20(9-7-13)15-10-11(2)17-12(3)18-15/h10,13-14,19H,5-9H2,1-4H3/t14-/m1/s1. The van der Waals surface area contributed by atoms with Gasteiger partial charge in [0.15, 0.2) is 0 Å². The molecule has 2 rings (SSSR count). The van der Waals surface area contributed by atoms with Crippen LogP contribution in [-0.4, -0.2) is 48.2 Å². The van der Waals surface area contributed by atoms with Gasteiger partial charge in [-0.3, -0.25) is 4.79 Å². The van der Waals surface area contributed by atoms with Gasteiger partial charge in [-0.1, -0.05) is 6.92 Å². The molecular weight excluding hydrogens is 280 g/mol. The summed E-state index contributed by atoms with van der Waals surface area (Å²) in [7, 11) is 1.44. The van der Waals surface area contributed by atoms with Gasteiger partial charge in [0.05, 0.1) is 7.11 Å². The van der Waals surface area contributed by atoms with Crippen LogP contribution in [0.5, 0.6) is 0 Å². The number of aryl methyl sites for hydroxylation is 2. The Morgan fingerprint density at radius 1 is 1.41 bits per heavy atom. The maximum atomic E-state index is 11.7. The van der Waals surface area contributed by atoms with Crippen molar-refractivity contribution >= 4 is 11.8 Å². The van der Waals surface area contributed by atoms with E-state index < -0.39 is 0 Å². The van der Waals surface area contributed by atoms with Crippen molar-refractivity contribution in [3.8, 4) is 0 Å². The number of carbonyl (C=O) groups is 1. The Bertz CT molecular complexity index is 493. The summed E-state index contributed by atoms with van der Waals surface area (Å²) in [5, 5.41) is 3.42. The summed E-state index contributed by atoms with van der Waals surface area (Å²) < 4.78 is 4.83.